The number of aliphatic carboxylic acids is 1. The number of hydrogen-bond donors (Lipinski definition) is 3. The molecule has 23 heavy (non-hydrogen) atoms. The normalized spacial score (nSPS) is 27.9. The van der Waals surface area contributed by atoms with Crippen LogP contribution in [0, 0.1) is 11.8 Å². The molecule has 2 aliphatic rings. The third-order valence-electron chi connectivity index (χ3n) is 4.39. The topological polar surface area (TPSA) is 119 Å². The first-order chi connectivity index (χ1) is 10.9. The van der Waals surface area contributed by atoms with Crippen LogP contribution in [0.3, 0.4) is 0 Å². The number of thioether (sulfide) groups is 1. The molecule has 0 bridgehead atoms. The minimum atomic E-state index is -1.10. The number of aromatic amines is 1. The van der Waals surface area contributed by atoms with Gasteiger partial charge in [-0.3, -0.25) is 4.79 Å². The highest BCUT2D eigenvalue weighted by molar-refractivity contribution is 8.03. The number of fused-ring (bicyclic) bond motifs is 1. The van der Waals surface area contributed by atoms with Gasteiger partial charge in [0.1, 0.15) is 5.70 Å². The smallest absolute Gasteiger partial charge is 0.353 e. The molecule has 8 nitrogen and oxygen atoms in total. The molecule has 3 N–H and O–H groups in total. The van der Waals surface area contributed by atoms with E-state index in [9.17, 15) is 19.8 Å². The van der Waals surface area contributed by atoms with E-state index in [1.807, 2.05) is 6.92 Å². The molecule has 3 heterocycles. The van der Waals surface area contributed by atoms with Crippen molar-refractivity contribution in [1.82, 2.24) is 20.3 Å². The van der Waals surface area contributed by atoms with Gasteiger partial charge in [-0.2, -0.15) is 15.4 Å². The maximum Gasteiger partial charge on any atom is 0.353 e. The number of β-lactam (4-membered cyclic amide) rings is 1. The van der Waals surface area contributed by atoms with Gasteiger partial charge in [-0.1, -0.05) is 6.92 Å². The minimum Gasteiger partial charge on any atom is -0.477 e. The summed E-state index contributed by atoms with van der Waals surface area (Å²) in [6, 6.07) is -0.261. The second-order valence-corrected chi connectivity index (χ2v) is 6.97. The van der Waals surface area contributed by atoms with Crippen molar-refractivity contribution in [3.8, 4) is 0 Å². The molecular weight excluding hydrogens is 320 g/mol. The first-order valence-electron chi connectivity index (χ1n) is 7.39. The van der Waals surface area contributed by atoms with E-state index in [4.69, 9.17) is 0 Å². The number of nitrogens with zero attached hydrogens (tertiary/aromatic N) is 3. The molecule has 4 atom stereocenters. The molecule has 2 aliphatic heterocycles. The third kappa shape index (κ3) is 2.53. The fourth-order valence-corrected chi connectivity index (χ4v) is 4.58. The molecule has 0 saturated carbocycles. The SMILES string of the molecule is CC(O)C1C(=O)N2C(C(=O)O)=C(SCCc3cn[nH]n3)C(C)C12. The van der Waals surface area contributed by atoms with Crippen LogP contribution in [0.1, 0.15) is 19.5 Å². The average Bonchev–Trinajstić information content (AvgIpc) is 3.05. The third-order valence-corrected chi connectivity index (χ3v) is 5.68. The Hall–Kier alpha value is -1.87. The summed E-state index contributed by atoms with van der Waals surface area (Å²) in [4.78, 5) is 25.8. The van der Waals surface area contributed by atoms with Crippen LogP contribution in [0.5, 0.6) is 0 Å². The summed E-state index contributed by atoms with van der Waals surface area (Å²) in [5.74, 6) is -1.37. The molecule has 9 heteroatoms. The van der Waals surface area contributed by atoms with Crippen molar-refractivity contribution in [2.75, 3.05) is 5.75 Å². The van der Waals surface area contributed by atoms with Crippen molar-refractivity contribution in [3.05, 3.63) is 22.5 Å². The molecule has 1 amide bonds. The van der Waals surface area contributed by atoms with Crippen LogP contribution in [0.4, 0.5) is 0 Å². The van der Waals surface area contributed by atoms with Crippen LogP contribution >= 0.6 is 11.8 Å². The van der Waals surface area contributed by atoms with E-state index in [1.165, 1.54) is 16.7 Å². The number of hydrogen-bond acceptors (Lipinski definition) is 6. The fourth-order valence-electron chi connectivity index (χ4n) is 3.33. The van der Waals surface area contributed by atoms with Gasteiger partial charge in [0.25, 0.3) is 0 Å². The van der Waals surface area contributed by atoms with E-state index >= 15 is 0 Å². The molecule has 0 spiro atoms. The summed E-state index contributed by atoms with van der Waals surface area (Å²) in [5, 5.41) is 29.5. The van der Waals surface area contributed by atoms with Gasteiger partial charge in [0.15, 0.2) is 0 Å². The molecule has 1 fully saturated rings. The highest BCUT2D eigenvalue weighted by Gasteiger charge is 2.59. The van der Waals surface area contributed by atoms with Crippen molar-refractivity contribution >= 4 is 23.6 Å². The predicted octanol–water partition coefficient (Wildman–Crippen LogP) is 0.234. The molecular formula is C14H18N4O4S. The number of amides is 1. The summed E-state index contributed by atoms with van der Waals surface area (Å²) in [5.41, 5.74) is 0.872. The number of carboxylic acids is 1. The lowest BCUT2D eigenvalue weighted by Crippen LogP contribution is -2.63. The monoisotopic (exact) mass is 338 g/mol. The Morgan fingerprint density at radius 2 is 2.30 bits per heavy atom. The largest absolute Gasteiger partial charge is 0.477 e. The summed E-state index contributed by atoms with van der Waals surface area (Å²) in [7, 11) is 0. The van der Waals surface area contributed by atoms with Crippen molar-refractivity contribution < 1.29 is 19.8 Å². The zero-order valence-electron chi connectivity index (χ0n) is 12.8. The summed E-state index contributed by atoms with van der Waals surface area (Å²) in [6.45, 7) is 3.48. The van der Waals surface area contributed by atoms with Gasteiger partial charge in [0, 0.05) is 23.0 Å². The van der Waals surface area contributed by atoms with Crippen LogP contribution < -0.4 is 0 Å². The predicted molar refractivity (Wildman–Crippen MR) is 82.2 cm³/mol. The van der Waals surface area contributed by atoms with E-state index in [0.29, 0.717) is 17.1 Å². The zero-order valence-corrected chi connectivity index (χ0v) is 13.6. The molecule has 1 aromatic heterocycles. The molecule has 0 radical (unpaired) electrons. The second-order valence-electron chi connectivity index (χ2n) is 5.83. The van der Waals surface area contributed by atoms with Gasteiger partial charge in [0.2, 0.25) is 5.91 Å². The van der Waals surface area contributed by atoms with Gasteiger partial charge in [-0.05, 0) is 6.92 Å². The van der Waals surface area contributed by atoms with E-state index in [0.717, 1.165) is 5.69 Å². The lowest BCUT2D eigenvalue weighted by molar-refractivity contribution is -0.163. The maximum atomic E-state index is 12.2. The van der Waals surface area contributed by atoms with Crippen LogP contribution in [0.25, 0.3) is 0 Å². The zero-order chi connectivity index (χ0) is 16.7. The average molecular weight is 338 g/mol. The number of aryl methyl sites for hydroxylation is 1. The quantitative estimate of drug-likeness (QED) is 0.635. The van der Waals surface area contributed by atoms with Crippen molar-refractivity contribution in [3.63, 3.8) is 0 Å². The molecule has 1 aromatic rings. The van der Waals surface area contributed by atoms with Crippen LogP contribution in [-0.2, 0) is 16.0 Å². The van der Waals surface area contributed by atoms with E-state index in [2.05, 4.69) is 15.4 Å². The Balaban J connectivity index is 1.77. The summed E-state index contributed by atoms with van der Waals surface area (Å²) >= 11 is 1.43. The number of H-pyrrole nitrogens is 1. The highest BCUT2D eigenvalue weighted by Crippen LogP contribution is 2.50. The first kappa shape index (κ1) is 16.0. The number of carbonyl (C=O) groups is 2. The van der Waals surface area contributed by atoms with E-state index < -0.39 is 18.0 Å². The van der Waals surface area contributed by atoms with Crippen LogP contribution in [-0.4, -0.2) is 60.3 Å². The molecule has 124 valence electrons. The number of carbonyl (C=O) groups excluding carboxylic acids is 1. The minimum absolute atomic E-state index is 0.0644. The van der Waals surface area contributed by atoms with Crippen molar-refractivity contribution in [2.24, 2.45) is 11.8 Å². The maximum absolute atomic E-state index is 12.2. The van der Waals surface area contributed by atoms with Gasteiger partial charge in [-0.15, -0.1) is 11.8 Å². The number of nitrogens with one attached hydrogen (secondary N) is 1. The molecule has 4 unspecified atom stereocenters. The highest BCUT2D eigenvalue weighted by atomic mass is 32.2. The van der Waals surface area contributed by atoms with Gasteiger partial charge in [0.05, 0.1) is 30.0 Å². The van der Waals surface area contributed by atoms with Crippen molar-refractivity contribution in [1.29, 1.82) is 0 Å². The van der Waals surface area contributed by atoms with Gasteiger partial charge >= 0.3 is 5.97 Å². The standard InChI is InChI=1S/C14H18N4O4S/c1-6-10-9(7(2)19)13(20)18(10)11(14(21)22)12(6)23-4-3-8-5-15-17-16-8/h5-7,9-10,19H,3-4H2,1-2H3,(H,21,22)(H,15,16,17). The Morgan fingerprint density at radius 3 is 2.87 bits per heavy atom. The lowest BCUT2D eigenvalue weighted by atomic mass is 9.79. The summed E-state index contributed by atoms with van der Waals surface area (Å²) in [6.07, 6.45) is 1.51. The van der Waals surface area contributed by atoms with Crippen molar-refractivity contribution in [2.45, 2.75) is 32.4 Å². The summed E-state index contributed by atoms with van der Waals surface area (Å²) < 4.78 is 0. The van der Waals surface area contributed by atoms with Gasteiger partial charge in [-0.25, -0.2) is 4.79 Å². The number of aliphatic hydroxyl groups is 1. The number of aliphatic hydroxyl groups excluding tert-OH is 1. The van der Waals surface area contributed by atoms with E-state index in [-0.39, 0.29) is 23.6 Å². The number of rotatable bonds is 6. The fraction of sp³-hybridized carbons (Fsp3) is 0.571. The Morgan fingerprint density at radius 1 is 1.57 bits per heavy atom. The Labute approximate surface area is 136 Å². The van der Waals surface area contributed by atoms with Crippen LogP contribution in [0.15, 0.2) is 16.8 Å². The Bertz CT molecular complexity index is 658. The molecule has 0 aromatic carbocycles. The Kier molecular flexibility index (Phi) is 4.15. The van der Waals surface area contributed by atoms with Gasteiger partial charge < -0.3 is 15.1 Å². The van der Waals surface area contributed by atoms with Crippen LogP contribution in [0.2, 0.25) is 0 Å². The van der Waals surface area contributed by atoms with E-state index in [1.54, 1.807) is 13.1 Å². The molecule has 0 aliphatic carbocycles. The number of aromatic nitrogens is 3. The molecule has 3 rings (SSSR count). The molecule has 1 saturated heterocycles. The second kappa shape index (κ2) is 5.97. The first-order valence-corrected chi connectivity index (χ1v) is 8.38. The number of carboxylic acid groups (broad SMARTS) is 1. The lowest BCUT2D eigenvalue weighted by Gasteiger charge is -2.46.